The number of halogens is 15. The van der Waals surface area contributed by atoms with Gasteiger partial charge in [-0.05, 0) is 260 Å². The number of amides is 1. The maximum Gasteiger partial charge on any atom is 0.394 e. The number of aryl methyl sites for hydroxylation is 2. The van der Waals surface area contributed by atoms with Crippen LogP contribution in [0.15, 0.2) is 127 Å². The lowest BCUT2D eigenvalue weighted by molar-refractivity contribution is -0.151. The molecule has 6 aliphatic carbocycles. The van der Waals surface area contributed by atoms with E-state index in [9.17, 15) is 105 Å². The van der Waals surface area contributed by atoms with Crippen molar-refractivity contribution in [3.05, 3.63) is 315 Å². The highest BCUT2D eigenvalue weighted by Crippen LogP contribution is 2.40. The molecule has 0 spiro atoms. The summed E-state index contributed by atoms with van der Waals surface area (Å²) in [6.07, 6.45) is 15.8. The van der Waals surface area contributed by atoms with E-state index in [1.807, 2.05) is 26.0 Å². The molecular weight excluding hydrogens is 2020 g/mol. The largest absolute Gasteiger partial charge is 0.489 e. The molecule has 756 valence electrons. The van der Waals surface area contributed by atoms with Crippen LogP contribution in [0.2, 0.25) is 0 Å². The van der Waals surface area contributed by atoms with Gasteiger partial charge in [0.05, 0.1) is 80.3 Å². The van der Waals surface area contributed by atoms with Crippen molar-refractivity contribution in [2.24, 2.45) is 11.5 Å². The standard InChI is InChI=1S/C24H25F2NO4.C13H11F2NO2.C12H13F2NO2.C12H14FNO2.C12H14O3.C8H4Br2F2O.C8H4F2O4.C8H6F2O3.C2H2.CH4.B2.H2/c1-3-30-23(29)24(12-15-10-19(25)20(26)11-16(15)13-24)27-22(28)18-9-4-6-14(2)21(18)31-17-7-5-8-17;1-3-18-12(17)13(16-2)6-8-4-10(14)11(15)5-9(8)7-13;1-2-17-11(16)12(15)5-7-3-9(13)10(14)4-8(7)6-12;1-2-16-11(15)12(14)6-8-3-4-10(13)5-9(8)7-12;1-8-4-2-7-10(12(13)14)11(8)15-9-5-3-6-9;9-3-4-1-6(11)7(12)2-5(4)8(10)13;9-5-1-3(7(11)12)4(8(13)14)2-6(5)10;9-6-1-4(3-11)5(8(12)13)2-7(6)10;1-2;;1-2;/h4,6,9-11,17H,3,5,7-8,12-13H2,1-2H3,(H,27,28);4-5H,3,6-7H2,1H3;3-4H,2,5-6,15H2,1H3;3-5H,2,6-7,14H2,1H3;2,4,7,9H,3,5-6H2,1H3,(H,13,14);1-2H,3H2;1-2H,(H,11,12)(H,13,14);1-2,11H,3H2,(H,12,13);1-2H;1H4;;1H/i;;;;;;;;;;;1+1D. The van der Waals surface area contributed by atoms with Gasteiger partial charge in [-0.1, -0.05) is 53.7 Å². The average molecular weight is 2120 g/mol. The second-order valence-electron chi connectivity index (χ2n) is 32.0. The Morgan fingerprint density at radius 1 is 0.437 bits per heavy atom. The lowest BCUT2D eigenvalue weighted by Gasteiger charge is -2.30. The molecule has 4 radical (unpaired) electrons. The van der Waals surface area contributed by atoms with Gasteiger partial charge in [0.2, 0.25) is 4.69 Å². The first-order valence-corrected chi connectivity index (χ1v) is 44.6. The third-order valence-corrected chi connectivity index (χ3v) is 23.3. The molecule has 42 heteroatoms. The van der Waals surface area contributed by atoms with Gasteiger partial charge in [0, 0.05) is 67.9 Å². The van der Waals surface area contributed by atoms with Gasteiger partial charge in [-0.25, -0.2) is 92.4 Å². The van der Waals surface area contributed by atoms with Crippen LogP contribution in [0.3, 0.4) is 0 Å². The summed E-state index contributed by atoms with van der Waals surface area (Å²) in [7, 11) is 8.00. The Morgan fingerprint density at radius 2 is 0.746 bits per heavy atom. The fourth-order valence-electron chi connectivity index (χ4n) is 14.9. The second-order valence-corrected chi connectivity index (χ2v) is 33.3. The number of nitrogens with two attached hydrogens (primary N) is 2. The molecule has 0 bridgehead atoms. The minimum Gasteiger partial charge on any atom is -0.489 e. The minimum absolute atomic E-state index is 0. The van der Waals surface area contributed by atoms with Gasteiger partial charge in [-0.15, -0.1) is 12.8 Å². The van der Waals surface area contributed by atoms with E-state index in [0.29, 0.717) is 105 Å². The summed E-state index contributed by atoms with van der Waals surface area (Å²) >= 11 is 5.76. The van der Waals surface area contributed by atoms with Crippen LogP contribution in [-0.4, -0.2) is 160 Å². The smallest absolute Gasteiger partial charge is 0.394 e. The maximum absolute atomic E-state index is 13.8. The van der Waals surface area contributed by atoms with Gasteiger partial charge < -0.3 is 70.7 Å². The number of aromatic carboxylic acids is 4. The van der Waals surface area contributed by atoms with Gasteiger partial charge in [0.25, 0.3) is 5.91 Å². The number of nitrogens with zero attached hydrogens (tertiary/aromatic N) is 1. The van der Waals surface area contributed by atoms with Crippen LogP contribution in [0.1, 0.15) is 206 Å². The number of esters is 4. The van der Waals surface area contributed by atoms with Crippen LogP contribution in [0.4, 0.5) is 57.1 Å². The minimum atomic E-state index is -1.62. The third-order valence-electron chi connectivity index (χ3n) is 22.3. The molecule has 6 aliphatic rings. The molecule has 1 amide bonds. The normalized spacial score (nSPS) is 14.9. The Kier molecular flexibility index (Phi) is 44.6. The molecule has 10 N–H and O–H groups in total. The number of terminal acetylenes is 1. The van der Waals surface area contributed by atoms with Crippen LogP contribution >= 0.6 is 31.9 Å². The average Bonchev–Trinajstić information content (AvgIpc) is 1.72. The number of hydrogen-bond acceptors (Lipinski definition) is 19. The van der Waals surface area contributed by atoms with Crippen molar-refractivity contribution in [3.63, 3.8) is 0 Å². The van der Waals surface area contributed by atoms with Crippen molar-refractivity contribution in [2.75, 3.05) is 26.4 Å². The molecule has 0 saturated heterocycles. The number of carbonyl (C=O) groups excluding carboxylic acids is 6. The number of ether oxygens (including phenoxy) is 6. The lowest BCUT2D eigenvalue weighted by Crippen LogP contribution is -2.56. The number of carboxylic acid groups (broad SMARTS) is 4. The van der Waals surface area contributed by atoms with Crippen LogP contribution in [0.25, 0.3) is 4.85 Å². The number of aliphatic hydroxyl groups excluding tert-OH is 1. The van der Waals surface area contributed by atoms with E-state index in [2.05, 4.69) is 70.3 Å². The number of nitrogens with one attached hydrogen (secondary N) is 1. The van der Waals surface area contributed by atoms with Crippen LogP contribution in [0, 0.1) is 109 Å². The number of carbonyl (C=O) groups is 10. The summed E-state index contributed by atoms with van der Waals surface area (Å²) in [5.41, 5.74) is 12.4. The van der Waals surface area contributed by atoms with Gasteiger partial charge in [-0.2, -0.15) is 0 Å². The van der Waals surface area contributed by atoms with Gasteiger partial charge >= 0.3 is 53.3 Å². The number of alkyl halides is 1. The Hall–Kier alpha value is -13.4. The number of aliphatic hydroxyl groups is 1. The summed E-state index contributed by atoms with van der Waals surface area (Å²) in [5, 5.41) is 46.2. The molecule has 0 aliphatic heterocycles. The van der Waals surface area contributed by atoms with E-state index in [0.717, 1.165) is 103 Å². The number of fused-ring (bicyclic) bond motifs is 4. The molecule has 2 saturated carbocycles. The topological polar surface area (TPSA) is 396 Å². The number of hydrogen-bond donors (Lipinski definition) is 8. The molecule has 9 aromatic rings. The maximum atomic E-state index is 13.8. The van der Waals surface area contributed by atoms with Crippen molar-refractivity contribution >= 4 is 106 Å². The Labute approximate surface area is 830 Å². The Morgan fingerprint density at radius 3 is 1.09 bits per heavy atom. The molecule has 1 unspecified atom stereocenters. The molecule has 0 aromatic heterocycles. The number of benzene rings is 9. The van der Waals surface area contributed by atoms with Crippen molar-refractivity contribution < 1.29 is 162 Å². The molecule has 9 aromatic carbocycles. The van der Waals surface area contributed by atoms with Gasteiger partial charge in [-0.3, -0.25) is 24.0 Å². The van der Waals surface area contributed by atoms with E-state index in [-0.39, 0.29) is 100 Å². The third kappa shape index (κ3) is 30.6. The fourth-order valence-corrected chi connectivity index (χ4v) is 15.7. The van der Waals surface area contributed by atoms with E-state index in [1.54, 1.807) is 58.0 Å². The first-order valence-electron chi connectivity index (χ1n) is 43.7. The summed E-state index contributed by atoms with van der Waals surface area (Å²) in [5.74, 6) is -20.4. The Balaban J connectivity index is 0.000000346. The molecule has 142 heavy (non-hydrogen) atoms. The summed E-state index contributed by atoms with van der Waals surface area (Å²) < 4.78 is 210. The van der Waals surface area contributed by atoms with Gasteiger partial charge in [0.1, 0.15) is 39.5 Å². The first-order chi connectivity index (χ1) is 67.6. The lowest BCUT2D eigenvalue weighted by atomic mass is 9.81. The quantitative estimate of drug-likeness (QED) is 0.00484. The van der Waals surface area contributed by atoms with Crippen molar-refractivity contribution in [1.82, 2.24) is 5.32 Å². The fraction of sp³-hybridized carbons (Fsp3) is 0.330. The Bertz CT molecular complexity index is 6020. The zero-order chi connectivity index (χ0) is 108. The van der Waals surface area contributed by atoms with E-state index in [1.165, 1.54) is 18.6 Å². The molecular formula is C100H99B2Br2F13N4O21. The summed E-state index contributed by atoms with van der Waals surface area (Å²) in [6.45, 7) is 17.9. The molecule has 25 nitrogen and oxygen atoms in total. The van der Waals surface area contributed by atoms with Crippen LogP contribution < -0.4 is 26.3 Å². The van der Waals surface area contributed by atoms with Gasteiger partial charge in [0.15, 0.2) is 69.8 Å². The first kappa shape index (κ1) is 117. The predicted molar refractivity (Wildman–Crippen MR) is 503 cm³/mol. The highest BCUT2D eigenvalue weighted by Gasteiger charge is 2.53. The van der Waals surface area contributed by atoms with E-state index in [4.69, 9.17) is 75.0 Å². The molecule has 1 atom stereocenters. The number of rotatable bonds is 21. The molecule has 2 fully saturated rings. The van der Waals surface area contributed by atoms with Crippen LogP contribution in [0.5, 0.6) is 11.5 Å². The second kappa shape index (κ2) is 54.0. The monoisotopic (exact) mass is 2120 g/mol. The van der Waals surface area contributed by atoms with Crippen molar-refractivity contribution in [1.29, 1.82) is 0 Å². The zero-order valence-corrected chi connectivity index (χ0v) is 79.4. The molecule has 0 heterocycles. The molecule has 15 rings (SSSR count). The summed E-state index contributed by atoms with van der Waals surface area (Å²) in [4.78, 5) is 118. The number of carboxylic acids is 4. The predicted octanol–water partition coefficient (Wildman–Crippen LogP) is 17.7. The van der Waals surface area contributed by atoms with E-state index < -0.39 is 174 Å². The highest BCUT2D eigenvalue weighted by molar-refractivity contribution is 9.18. The van der Waals surface area contributed by atoms with Crippen molar-refractivity contribution in [2.45, 2.75) is 185 Å². The van der Waals surface area contributed by atoms with Crippen LogP contribution in [-0.2, 0) is 101 Å². The number of para-hydroxylation sites is 2. The van der Waals surface area contributed by atoms with E-state index >= 15 is 0 Å². The zero-order valence-electron chi connectivity index (χ0n) is 78.3. The van der Waals surface area contributed by atoms with Crippen molar-refractivity contribution in [3.8, 4) is 24.3 Å². The summed E-state index contributed by atoms with van der Waals surface area (Å²) in [6, 6.07) is 25.2. The highest BCUT2D eigenvalue weighted by atomic mass is 79.9. The SMILES string of the molecule is C.C#C.CCOC(=O)C1(N)Cc2cc(F)c(F)cc2C1.CCOC(=O)C1(N)Cc2ccc(F)cc2C1.CCOC(=O)C1(NC(=O)c2cccc(C)c2OC2CCC2)Cc2cc(F)c(F)cc2C1.Cc1cccc(C(=O)O)c1OC1CCC1.O=C(Br)c1cc(F)c(F)cc1CBr.O=C(O)c1cc(F)c(F)cc1C(=O)O.O=C(O)c1cc(F)c(F)cc1CO.[2H][2H].[B][B].[C-]#[N+]C1(C(=O)OCC)Cc2cc(F)c(F)cc2C1.